The molecule has 4 nitrogen and oxygen atoms in total. The normalized spacial score (nSPS) is 14.3. The zero-order valence-electron chi connectivity index (χ0n) is 15.0. The van der Waals surface area contributed by atoms with Crippen LogP contribution in [0.25, 0.3) is 0 Å². The Balaban J connectivity index is 1.47. The lowest BCUT2D eigenvalue weighted by atomic mass is 10.1. The second-order valence-electron chi connectivity index (χ2n) is 6.64. The van der Waals surface area contributed by atoms with Crippen LogP contribution in [0.15, 0.2) is 53.0 Å². The van der Waals surface area contributed by atoms with Gasteiger partial charge in [-0.05, 0) is 36.6 Å². The zero-order valence-corrected chi connectivity index (χ0v) is 16.6. The molecule has 0 radical (unpaired) electrons. The number of piperazine rings is 1. The monoisotopic (exact) mass is 432 g/mol. The van der Waals surface area contributed by atoms with Gasteiger partial charge in [-0.25, -0.2) is 4.39 Å². The first-order valence-corrected chi connectivity index (χ1v) is 9.90. The minimum atomic E-state index is -0.525. The number of carbonyl (C=O) groups is 2. The molecule has 1 saturated heterocycles. The van der Waals surface area contributed by atoms with E-state index in [2.05, 4.69) is 28.1 Å². The highest BCUT2D eigenvalue weighted by molar-refractivity contribution is 9.10. The Kier molecular flexibility index (Phi) is 6.61. The van der Waals surface area contributed by atoms with Crippen molar-refractivity contribution in [3.05, 3.63) is 69.9 Å². The fraction of sp³-hybridized carbons (Fsp3) is 0.333. The van der Waals surface area contributed by atoms with Crippen LogP contribution in [-0.4, -0.2) is 47.8 Å². The molecule has 1 heterocycles. The molecule has 1 fully saturated rings. The number of benzene rings is 2. The second kappa shape index (κ2) is 9.13. The van der Waals surface area contributed by atoms with Crippen LogP contribution in [-0.2, 0) is 11.2 Å². The van der Waals surface area contributed by atoms with Crippen molar-refractivity contribution in [3.8, 4) is 0 Å². The third-order valence-corrected chi connectivity index (χ3v) is 5.27. The summed E-state index contributed by atoms with van der Waals surface area (Å²) in [5.74, 6) is -0.737. The van der Waals surface area contributed by atoms with E-state index in [0.717, 1.165) is 12.8 Å². The summed E-state index contributed by atoms with van der Waals surface area (Å²) in [6.07, 6.45) is 2.20. The maximum atomic E-state index is 13.9. The largest absolute Gasteiger partial charge is 0.339 e. The van der Waals surface area contributed by atoms with Gasteiger partial charge >= 0.3 is 0 Å². The van der Waals surface area contributed by atoms with Crippen LogP contribution in [0.3, 0.4) is 0 Å². The lowest BCUT2D eigenvalue weighted by Gasteiger charge is -2.35. The molecule has 0 aliphatic carbocycles. The van der Waals surface area contributed by atoms with Crippen molar-refractivity contribution in [2.24, 2.45) is 0 Å². The van der Waals surface area contributed by atoms with Gasteiger partial charge in [0.1, 0.15) is 5.82 Å². The molecular weight excluding hydrogens is 411 g/mol. The van der Waals surface area contributed by atoms with Gasteiger partial charge in [-0.3, -0.25) is 9.59 Å². The standard InChI is InChI=1S/C21H22BrFN2O2/c22-17-9-10-19(23)18(15-17)21(27)25-13-11-24(12-14-25)20(26)8-4-7-16-5-2-1-3-6-16/h1-3,5-6,9-10,15H,4,7-8,11-14H2. The molecule has 2 amide bonds. The van der Waals surface area contributed by atoms with Gasteiger partial charge in [-0.1, -0.05) is 46.3 Å². The number of halogens is 2. The van der Waals surface area contributed by atoms with Crippen LogP contribution in [0.4, 0.5) is 4.39 Å². The summed E-state index contributed by atoms with van der Waals surface area (Å²) >= 11 is 3.27. The summed E-state index contributed by atoms with van der Waals surface area (Å²) in [5, 5.41) is 0. The Morgan fingerprint density at radius 1 is 0.963 bits per heavy atom. The van der Waals surface area contributed by atoms with Gasteiger partial charge in [0.05, 0.1) is 5.56 Å². The van der Waals surface area contributed by atoms with Gasteiger partial charge in [0.2, 0.25) is 5.91 Å². The average molecular weight is 433 g/mol. The minimum Gasteiger partial charge on any atom is -0.339 e. The molecule has 0 saturated carbocycles. The van der Waals surface area contributed by atoms with Crippen molar-refractivity contribution in [1.29, 1.82) is 0 Å². The van der Waals surface area contributed by atoms with E-state index in [4.69, 9.17) is 0 Å². The average Bonchev–Trinajstić information content (AvgIpc) is 2.70. The van der Waals surface area contributed by atoms with Crippen molar-refractivity contribution in [2.75, 3.05) is 26.2 Å². The Bertz CT molecular complexity index is 805. The Morgan fingerprint density at radius 3 is 2.33 bits per heavy atom. The molecule has 142 valence electrons. The molecule has 3 rings (SSSR count). The number of aryl methyl sites for hydroxylation is 1. The molecule has 0 bridgehead atoms. The van der Waals surface area contributed by atoms with Crippen LogP contribution in [0.1, 0.15) is 28.8 Å². The van der Waals surface area contributed by atoms with Crippen LogP contribution < -0.4 is 0 Å². The van der Waals surface area contributed by atoms with E-state index < -0.39 is 5.82 Å². The zero-order chi connectivity index (χ0) is 19.2. The molecule has 0 spiro atoms. The lowest BCUT2D eigenvalue weighted by Crippen LogP contribution is -2.50. The van der Waals surface area contributed by atoms with Crippen molar-refractivity contribution >= 4 is 27.7 Å². The van der Waals surface area contributed by atoms with E-state index in [1.54, 1.807) is 15.9 Å². The predicted molar refractivity (Wildman–Crippen MR) is 106 cm³/mol. The fourth-order valence-electron chi connectivity index (χ4n) is 3.24. The first-order valence-electron chi connectivity index (χ1n) is 9.10. The third-order valence-electron chi connectivity index (χ3n) is 4.78. The fourth-order valence-corrected chi connectivity index (χ4v) is 3.60. The van der Waals surface area contributed by atoms with Crippen LogP contribution >= 0.6 is 15.9 Å². The van der Waals surface area contributed by atoms with Crippen LogP contribution in [0.2, 0.25) is 0 Å². The van der Waals surface area contributed by atoms with Crippen molar-refractivity contribution in [1.82, 2.24) is 9.80 Å². The van der Waals surface area contributed by atoms with E-state index in [9.17, 15) is 14.0 Å². The molecule has 0 N–H and O–H groups in total. The first-order chi connectivity index (χ1) is 13.0. The summed E-state index contributed by atoms with van der Waals surface area (Å²) < 4.78 is 14.6. The SMILES string of the molecule is O=C(CCCc1ccccc1)N1CCN(C(=O)c2cc(Br)ccc2F)CC1. The maximum absolute atomic E-state index is 13.9. The molecule has 0 unspecified atom stereocenters. The Hall–Kier alpha value is -2.21. The van der Waals surface area contributed by atoms with Gasteiger partial charge in [-0.2, -0.15) is 0 Å². The van der Waals surface area contributed by atoms with Gasteiger partial charge in [0.25, 0.3) is 5.91 Å². The molecular formula is C21H22BrFN2O2. The van der Waals surface area contributed by atoms with Gasteiger partial charge in [0.15, 0.2) is 0 Å². The minimum absolute atomic E-state index is 0.0620. The number of rotatable bonds is 5. The number of hydrogen-bond acceptors (Lipinski definition) is 2. The molecule has 0 aromatic heterocycles. The van der Waals surface area contributed by atoms with E-state index >= 15 is 0 Å². The lowest BCUT2D eigenvalue weighted by molar-refractivity contribution is -0.132. The predicted octanol–water partition coefficient (Wildman–Crippen LogP) is 3.90. The van der Waals surface area contributed by atoms with Crippen molar-refractivity contribution in [2.45, 2.75) is 19.3 Å². The summed E-state index contributed by atoms with van der Waals surface area (Å²) in [6, 6.07) is 14.5. The number of carbonyl (C=O) groups excluding carboxylic acids is 2. The Morgan fingerprint density at radius 2 is 1.63 bits per heavy atom. The Labute approximate surface area is 167 Å². The highest BCUT2D eigenvalue weighted by atomic mass is 79.9. The van der Waals surface area contributed by atoms with E-state index in [1.807, 2.05) is 18.2 Å². The quantitative estimate of drug-likeness (QED) is 0.718. The second-order valence-corrected chi connectivity index (χ2v) is 7.55. The molecule has 2 aromatic carbocycles. The molecule has 1 aliphatic rings. The van der Waals surface area contributed by atoms with Gasteiger partial charge < -0.3 is 9.80 Å². The number of hydrogen-bond donors (Lipinski definition) is 0. The summed E-state index contributed by atoms with van der Waals surface area (Å²) in [5.41, 5.74) is 1.30. The van der Waals surface area contributed by atoms with Crippen LogP contribution in [0, 0.1) is 5.82 Å². The molecule has 1 aliphatic heterocycles. The smallest absolute Gasteiger partial charge is 0.256 e. The van der Waals surface area contributed by atoms with E-state index in [1.165, 1.54) is 17.7 Å². The molecule has 2 aromatic rings. The summed E-state index contributed by atoms with van der Waals surface area (Å²) in [7, 11) is 0. The van der Waals surface area contributed by atoms with Gasteiger partial charge in [-0.15, -0.1) is 0 Å². The summed E-state index contributed by atoms with van der Waals surface area (Å²) in [4.78, 5) is 28.3. The molecule has 27 heavy (non-hydrogen) atoms. The number of nitrogens with zero attached hydrogens (tertiary/aromatic N) is 2. The van der Waals surface area contributed by atoms with Crippen molar-refractivity contribution < 1.29 is 14.0 Å². The molecule has 0 atom stereocenters. The molecule has 6 heteroatoms. The van der Waals surface area contributed by atoms with E-state index in [-0.39, 0.29) is 17.4 Å². The van der Waals surface area contributed by atoms with Crippen LogP contribution in [0.5, 0.6) is 0 Å². The van der Waals surface area contributed by atoms with Crippen molar-refractivity contribution in [3.63, 3.8) is 0 Å². The van der Waals surface area contributed by atoms with E-state index in [0.29, 0.717) is 37.1 Å². The maximum Gasteiger partial charge on any atom is 0.256 e. The first kappa shape index (κ1) is 19.5. The van der Waals surface area contributed by atoms with Gasteiger partial charge in [0, 0.05) is 37.1 Å². The highest BCUT2D eigenvalue weighted by Gasteiger charge is 2.26. The summed E-state index contributed by atoms with van der Waals surface area (Å²) in [6.45, 7) is 1.83. The topological polar surface area (TPSA) is 40.6 Å². The number of amides is 2. The highest BCUT2D eigenvalue weighted by Crippen LogP contribution is 2.18. The third kappa shape index (κ3) is 5.16.